The SMILES string of the molecule is CCOC(=O)C(C#N)Cc1cc(OC)ccc1OC. The predicted octanol–water partition coefficient (Wildman–Crippen LogP) is 1.95. The zero-order valence-corrected chi connectivity index (χ0v) is 11.3. The highest BCUT2D eigenvalue weighted by atomic mass is 16.5. The lowest BCUT2D eigenvalue weighted by Crippen LogP contribution is -2.18. The summed E-state index contributed by atoms with van der Waals surface area (Å²) in [5.74, 6) is -0.0995. The predicted molar refractivity (Wildman–Crippen MR) is 69.0 cm³/mol. The lowest BCUT2D eigenvalue weighted by Gasteiger charge is -2.13. The number of benzene rings is 1. The number of hydrogen-bond acceptors (Lipinski definition) is 5. The van der Waals surface area contributed by atoms with Crippen LogP contribution in [-0.4, -0.2) is 26.8 Å². The monoisotopic (exact) mass is 263 g/mol. The van der Waals surface area contributed by atoms with Gasteiger partial charge in [0.1, 0.15) is 17.4 Å². The van der Waals surface area contributed by atoms with Crippen molar-refractivity contribution in [1.29, 1.82) is 5.26 Å². The van der Waals surface area contributed by atoms with Crippen molar-refractivity contribution in [2.75, 3.05) is 20.8 Å². The van der Waals surface area contributed by atoms with E-state index in [-0.39, 0.29) is 13.0 Å². The fourth-order valence-electron chi connectivity index (χ4n) is 1.69. The molecule has 0 heterocycles. The summed E-state index contributed by atoms with van der Waals surface area (Å²) < 4.78 is 15.2. The van der Waals surface area contributed by atoms with Gasteiger partial charge in [0.2, 0.25) is 0 Å². The van der Waals surface area contributed by atoms with E-state index in [0.717, 1.165) is 5.56 Å². The van der Waals surface area contributed by atoms with Crippen LogP contribution in [0.3, 0.4) is 0 Å². The average Bonchev–Trinajstić information content (AvgIpc) is 2.44. The van der Waals surface area contributed by atoms with Gasteiger partial charge >= 0.3 is 5.97 Å². The largest absolute Gasteiger partial charge is 0.497 e. The van der Waals surface area contributed by atoms with Gasteiger partial charge in [0.25, 0.3) is 0 Å². The Bertz CT molecular complexity index is 479. The van der Waals surface area contributed by atoms with Crippen molar-refractivity contribution >= 4 is 5.97 Å². The van der Waals surface area contributed by atoms with Gasteiger partial charge in [-0.1, -0.05) is 0 Å². The van der Waals surface area contributed by atoms with Crippen LogP contribution in [0, 0.1) is 17.2 Å². The Hall–Kier alpha value is -2.22. The van der Waals surface area contributed by atoms with Crippen LogP contribution in [0.2, 0.25) is 0 Å². The van der Waals surface area contributed by atoms with E-state index in [0.29, 0.717) is 11.5 Å². The first-order valence-corrected chi connectivity index (χ1v) is 5.93. The van der Waals surface area contributed by atoms with Gasteiger partial charge in [-0.15, -0.1) is 0 Å². The van der Waals surface area contributed by atoms with E-state index >= 15 is 0 Å². The van der Waals surface area contributed by atoms with Gasteiger partial charge in [0.05, 0.1) is 26.9 Å². The van der Waals surface area contributed by atoms with Crippen LogP contribution in [-0.2, 0) is 16.0 Å². The first-order valence-electron chi connectivity index (χ1n) is 5.93. The summed E-state index contributed by atoms with van der Waals surface area (Å²) in [5, 5.41) is 9.05. The molecule has 0 aromatic heterocycles. The maximum absolute atomic E-state index is 11.6. The Kier molecular flexibility index (Phi) is 5.68. The van der Waals surface area contributed by atoms with E-state index in [1.807, 2.05) is 6.07 Å². The molecular weight excluding hydrogens is 246 g/mol. The van der Waals surface area contributed by atoms with Gasteiger partial charge in [-0.05, 0) is 30.7 Å². The van der Waals surface area contributed by atoms with E-state index in [1.54, 1.807) is 32.2 Å². The van der Waals surface area contributed by atoms with Gasteiger partial charge in [0, 0.05) is 6.42 Å². The van der Waals surface area contributed by atoms with Crippen LogP contribution in [0.15, 0.2) is 18.2 Å². The smallest absolute Gasteiger partial charge is 0.323 e. The molecule has 0 N–H and O–H groups in total. The second-order valence-corrected chi connectivity index (χ2v) is 3.82. The molecule has 5 heteroatoms. The molecule has 0 bridgehead atoms. The molecule has 0 fully saturated rings. The summed E-state index contributed by atoms with van der Waals surface area (Å²) in [6.45, 7) is 1.96. The first kappa shape index (κ1) is 14.8. The number of esters is 1. The Morgan fingerprint density at radius 3 is 2.63 bits per heavy atom. The average molecular weight is 263 g/mol. The molecule has 0 aliphatic carbocycles. The van der Waals surface area contributed by atoms with Crippen molar-refractivity contribution in [3.8, 4) is 17.6 Å². The highest BCUT2D eigenvalue weighted by Gasteiger charge is 2.21. The molecule has 19 heavy (non-hydrogen) atoms. The molecule has 102 valence electrons. The Morgan fingerprint density at radius 1 is 1.37 bits per heavy atom. The van der Waals surface area contributed by atoms with E-state index < -0.39 is 11.9 Å². The second kappa shape index (κ2) is 7.27. The fourth-order valence-corrected chi connectivity index (χ4v) is 1.69. The summed E-state index contributed by atoms with van der Waals surface area (Å²) in [6, 6.07) is 7.21. The number of carbonyl (C=O) groups is 1. The summed E-state index contributed by atoms with van der Waals surface area (Å²) in [4.78, 5) is 11.6. The second-order valence-electron chi connectivity index (χ2n) is 3.82. The van der Waals surface area contributed by atoms with Crippen LogP contribution in [0.1, 0.15) is 12.5 Å². The van der Waals surface area contributed by atoms with E-state index in [9.17, 15) is 4.79 Å². The number of rotatable bonds is 6. The summed E-state index contributed by atoms with van der Waals surface area (Å²) >= 11 is 0. The van der Waals surface area contributed by atoms with Gasteiger partial charge < -0.3 is 14.2 Å². The van der Waals surface area contributed by atoms with Gasteiger partial charge in [-0.25, -0.2) is 0 Å². The quantitative estimate of drug-likeness (QED) is 0.734. The van der Waals surface area contributed by atoms with Crippen LogP contribution in [0.25, 0.3) is 0 Å². The highest BCUT2D eigenvalue weighted by molar-refractivity contribution is 5.75. The number of nitrogens with zero attached hydrogens (tertiary/aromatic N) is 1. The molecule has 0 amide bonds. The van der Waals surface area contributed by atoms with E-state index in [2.05, 4.69) is 0 Å². The topological polar surface area (TPSA) is 68.6 Å². The Morgan fingerprint density at radius 2 is 2.11 bits per heavy atom. The molecule has 0 aliphatic rings. The molecule has 0 spiro atoms. The van der Waals surface area contributed by atoms with Crippen molar-refractivity contribution in [1.82, 2.24) is 0 Å². The molecule has 0 radical (unpaired) electrons. The van der Waals surface area contributed by atoms with Crippen molar-refractivity contribution in [2.45, 2.75) is 13.3 Å². The number of methoxy groups -OCH3 is 2. The molecule has 1 rings (SSSR count). The Labute approximate surface area is 112 Å². The molecule has 0 aliphatic heterocycles. The van der Waals surface area contributed by atoms with Crippen molar-refractivity contribution in [3.05, 3.63) is 23.8 Å². The van der Waals surface area contributed by atoms with Gasteiger partial charge in [-0.3, -0.25) is 4.79 Å². The first-order chi connectivity index (χ1) is 9.15. The maximum Gasteiger partial charge on any atom is 0.323 e. The molecule has 0 saturated heterocycles. The van der Waals surface area contributed by atoms with Gasteiger partial charge in [0.15, 0.2) is 0 Å². The third-order valence-electron chi connectivity index (χ3n) is 2.64. The summed E-state index contributed by atoms with van der Waals surface area (Å²) in [6.07, 6.45) is 0.232. The minimum absolute atomic E-state index is 0.232. The van der Waals surface area contributed by atoms with Crippen LogP contribution < -0.4 is 9.47 Å². The lowest BCUT2D eigenvalue weighted by molar-refractivity contribution is -0.145. The summed E-state index contributed by atoms with van der Waals surface area (Å²) in [5.41, 5.74) is 0.737. The molecule has 1 aromatic rings. The number of carbonyl (C=O) groups excluding carboxylic acids is 1. The van der Waals surface area contributed by atoms with E-state index in [4.69, 9.17) is 19.5 Å². The van der Waals surface area contributed by atoms with Crippen LogP contribution in [0.4, 0.5) is 0 Å². The molecule has 1 unspecified atom stereocenters. The lowest BCUT2D eigenvalue weighted by atomic mass is 9.99. The molecule has 1 atom stereocenters. The molecular formula is C14H17NO4. The number of nitriles is 1. The van der Waals surface area contributed by atoms with Crippen molar-refractivity contribution < 1.29 is 19.0 Å². The highest BCUT2D eigenvalue weighted by Crippen LogP contribution is 2.26. The third-order valence-corrected chi connectivity index (χ3v) is 2.64. The molecule has 1 aromatic carbocycles. The zero-order chi connectivity index (χ0) is 14.3. The Balaban J connectivity index is 2.95. The molecule has 5 nitrogen and oxygen atoms in total. The van der Waals surface area contributed by atoms with E-state index in [1.165, 1.54) is 7.11 Å². The van der Waals surface area contributed by atoms with Crippen LogP contribution >= 0.6 is 0 Å². The minimum atomic E-state index is -0.846. The molecule has 0 saturated carbocycles. The summed E-state index contributed by atoms with van der Waals surface area (Å²) in [7, 11) is 3.09. The maximum atomic E-state index is 11.6. The number of hydrogen-bond donors (Lipinski definition) is 0. The minimum Gasteiger partial charge on any atom is -0.497 e. The van der Waals surface area contributed by atoms with Crippen molar-refractivity contribution in [2.24, 2.45) is 5.92 Å². The fraction of sp³-hybridized carbons (Fsp3) is 0.429. The normalized spacial score (nSPS) is 11.3. The third kappa shape index (κ3) is 3.88. The van der Waals surface area contributed by atoms with Crippen molar-refractivity contribution in [3.63, 3.8) is 0 Å². The zero-order valence-electron chi connectivity index (χ0n) is 11.3. The van der Waals surface area contributed by atoms with Gasteiger partial charge in [-0.2, -0.15) is 5.26 Å². The van der Waals surface area contributed by atoms with Crippen LogP contribution in [0.5, 0.6) is 11.5 Å². The number of ether oxygens (including phenoxy) is 3. The standard InChI is InChI=1S/C14H17NO4/c1-4-19-14(16)11(9-15)7-10-8-12(17-2)5-6-13(10)18-3/h5-6,8,11H,4,7H2,1-3H3.